The van der Waals surface area contributed by atoms with Crippen molar-refractivity contribution >= 4 is 9.84 Å². The van der Waals surface area contributed by atoms with Crippen LogP contribution in [0, 0.1) is 0 Å². The molecule has 0 aromatic carbocycles. The minimum atomic E-state index is -2.72. The number of rotatable bonds is 2. The Hall–Kier alpha value is -0.130. The molecule has 2 aliphatic rings. The first-order valence-electron chi connectivity index (χ1n) is 5.33. The summed E-state index contributed by atoms with van der Waals surface area (Å²) < 4.78 is 22.5. The molecule has 2 saturated heterocycles. The van der Waals surface area contributed by atoms with Crippen LogP contribution < -0.4 is 10.6 Å². The molecule has 5 heteroatoms. The van der Waals surface area contributed by atoms with Gasteiger partial charge in [-0.15, -0.1) is 0 Å². The summed E-state index contributed by atoms with van der Waals surface area (Å²) in [7, 11) is -2.72. The average Bonchev–Trinajstić information content (AvgIpc) is 2.47. The molecule has 2 rings (SSSR count). The lowest BCUT2D eigenvalue weighted by molar-refractivity contribution is 0.358. The molecule has 2 N–H and O–H groups in total. The van der Waals surface area contributed by atoms with E-state index in [1.54, 1.807) is 0 Å². The van der Waals surface area contributed by atoms with Crippen molar-refractivity contribution in [3.8, 4) is 0 Å². The van der Waals surface area contributed by atoms with E-state index in [2.05, 4.69) is 10.6 Å². The van der Waals surface area contributed by atoms with E-state index in [9.17, 15) is 8.42 Å². The second-order valence-corrected chi connectivity index (χ2v) is 6.52. The molecular formula is C9H18N2O2S. The fraction of sp³-hybridized carbons (Fsp3) is 1.00. The first-order chi connectivity index (χ1) is 6.66. The molecule has 0 radical (unpaired) electrons. The van der Waals surface area contributed by atoms with Crippen LogP contribution in [0.1, 0.15) is 19.3 Å². The van der Waals surface area contributed by atoms with Crippen molar-refractivity contribution in [3.63, 3.8) is 0 Å². The van der Waals surface area contributed by atoms with Gasteiger partial charge >= 0.3 is 0 Å². The van der Waals surface area contributed by atoms with Crippen molar-refractivity contribution in [2.75, 3.05) is 24.6 Å². The molecule has 0 amide bonds. The van der Waals surface area contributed by atoms with Crippen molar-refractivity contribution in [2.45, 2.75) is 31.3 Å². The van der Waals surface area contributed by atoms with E-state index in [0.29, 0.717) is 17.5 Å². The highest BCUT2D eigenvalue weighted by atomic mass is 32.2. The van der Waals surface area contributed by atoms with Gasteiger partial charge in [-0.1, -0.05) is 0 Å². The predicted molar refractivity (Wildman–Crippen MR) is 56.1 cm³/mol. The normalized spacial score (nSPS) is 33.3. The van der Waals surface area contributed by atoms with Crippen LogP contribution in [-0.2, 0) is 9.84 Å². The highest BCUT2D eigenvalue weighted by Gasteiger charge is 2.29. The van der Waals surface area contributed by atoms with Crippen molar-refractivity contribution < 1.29 is 8.42 Å². The summed E-state index contributed by atoms with van der Waals surface area (Å²) in [5.41, 5.74) is 0. The van der Waals surface area contributed by atoms with Gasteiger partial charge in [0.2, 0.25) is 0 Å². The van der Waals surface area contributed by atoms with E-state index in [4.69, 9.17) is 0 Å². The summed E-state index contributed by atoms with van der Waals surface area (Å²) in [6.07, 6.45) is 3.04. The van der Waals surface area contributed by atoms with E-state index >= 15 is 0 Å². The molecule has 0 aliphatic carbocycles. The summed E-state index contributed by atoms with van der Waals surface area (Å²) in [6.45, 7) is 2.11. The molecule has 0 saturated carbocycles. The van der Waals surface area contributed by atoms with E-state index in [-0.39, 0.29) is 6.04 Å². The summed E-state index contributed by atoms with van der Waals surface area (Å²) in [5.74, 6) is 0.715. The van der Waals surface area contributed by atoms with Gasteiger partial charge in [-0.3, -0.25) is 0 Å². The largest absolute Gasteiger partial charge is 0.317 e. The molecule has 1 unspecified atom stereocenters. The van der Waals surface area contributed by atoms with Crippen molar-refractivity contribution in [2.24, 2.45) is 0 Å². The fourth-order valence-electron chi connectivity index (χ4n) is 2.25. The number of hydrogen-bond donors (Lipinski definition) is 2. The second kappa shape index (κ2) is 4.16. The molecule has 2 fully saturated rings. The predicted octanol–water partition coefficient (Wildman–Crippen LogP) is -0.485. The minimum absolute atomic E-state index is 0.211. The van der Waals surface area contributed by atoms with Gasteiger partial charge in [0.25, 0.3) is 0 Å². The van der Waals surface area contributed by atoms with Crippen LogP contribution in [0.4, 0.5) is 0 Å². The van der Waals surface area contributed by atoms with Gasteiger partial charge < -0.3 is 10.6 Å². The first-order valence-corrected chi connectivity index (χ1v) is 7.15. The summed E-state index contributed by atoms with van der Waals surface area (Å²) in [4.78, 5) is 0. The Kier molecular flexibility index (Phi) is 3.09. The zero-order valence-corrected chi connectivity index (χ0v) is 9.15. The van der Waals surface area contributed by atoms with Crippen molar-refractivity contribution in [1.82, 2.24) is 10.6 Å². The highest BCUT2D eigenvalue weighted by molar-refractivity contribution is 7.91. The third-order valence-electron chi connectivity index (χ3n) is 3.04. The van der Waals surface area contributed by atoms with Crippen LogP contribution in [0.15, 0.2) is 0 Å². The van der Waals surface area contributed by atoms with Gasteiger partial charge in [-0.05, 0) is 32.4 Å². The van der Waals surface area contributed by atoms with Crippen molar-refractivity contribution in [1.29, 1.82) is 0 Å². The summed E-state index contributed by atoms with van der Waals surface area (Å²) >= 11 is 0. The Bertz CT molecular complexity index is 283. The number of sulfone groups is 1. The molecule has 0 bridgehead atoms. The Labute approximate surface area is 85.4 Å². The first kappa shape index (κ1) is 10.4. The average molecular weight is 218 g/mol. The number of piperidine rings is 1. The van der Waals surface area contributed by atoms with Gasteiger partial charge in [0.05, 0.1) is 11.5 Å². The number of hydrogen-bond acceptors (Lipinski definition) is 4. The topological polar surface area (TPSA) is 58.2 Å². The maximum atomic E-state index is 11.2. The smallest absolute Gasteiger partial charge is 0.151 e. The van der Waals surface area contributed by atoms with Gasteiger partial charge in [0.15, 0.2) is 9.84 Å². The maximum absolute atomic E-state index is 11.2. The lowest BCUT2D eigenvalue weighted by Crippen LogP contribution is -2.45. The van der Waals surface area contributed by atoms with Crippen molar-refractivity contribution in [3.05, 3.63) is 0 Å². The maximum Gasteiger partial charge on any atom is 0.151 e. The van der Waals surface area contributed by atoms with Crippen LogP contribution in [0.25, 0.3) is 0 Å². The molecule has 1 atom stereocenters. The third kappa shape index (κ3) is 2.68. The van der Waals surface area contributed by atoms with Gasteiger partial charge in [0, 0.05) is 12.1 Å². The SMILES string of the molecule is O=S1(=O)CCC(NC2CCNCC2)C1. The summed E-state index contributed by atoms with van der Waals surface area (Å²) in [5, 5.41) is 6.75. The van der Waals surface area contributed by atoms with Crippen LogP contribution in [0.5, 0.6) is 0 Å². The Balaban J connectivity index is 1.80. The standard InChI is InChI=1S/C9H18N2O2S/c12-14(13)6-3-9(7-14)11-8-1-4-10-5-2-8/h8-11H,1-7H2. The fourth-order valence-corrected chi connectivity index (χ4v) is 3.93. The van der Waals surface area contributed by atoms with Crippen LogP contribution >= 0.6 is 0 Å². The van der Waals surface area contributed by atoms with E-state index in [1.807, 2.05) is 0 Å². The molecule has 14 heavy (non-hydrogen) atoms. The monoisotopic (exact) mass is 218 g/mol. The Morgan fingerprint density at radius 3 is 2.36 bits per heavy atom. The second-order valence-electron chi connectivity index (χ2n) is 4.29. The zero-order valence-electron chi connectivity index (χ0n) is 8.33. The third-order valence-corrected chi connectivity index (χ3v) is 4.81. The van der Waals surface area contributed by atoms with Gasteiger partial charge in [0.1, 0.15) is 0 Å². The van der Waals surface area contributed by atoms with Gasteiger partial charge in [-0.25, -0.2) is 8.42 Å². The van der Waals surface area contributed by atoms with E-state index < -0.39 is 9.84 Å². The number of nitrogens with one attached hydrogen (secondary N) is 2. The minimum Gasteiger partial charge on any atom is -0.317 e. The van der Waals surface area contributed by atoms with Gasteiger partial charge in [-0.2, -0.15) is 0 Å². The van der Waals surface area contributed by atoms with Crippen LogP contribution in [0.3, 0.4) is 0 Å². The van der Waals surface area contributed by atoms with Crippen LogP contribution in [0.2, 0.25) is 0 Å². The lowest BCUT2D eigenvalue weighted by Gasteiger charge is -2.26. The highest BCUT2D eigenvalue weighted by Crippen LogP contribution is 2.14. The molecular weight excluding hydrogens is 200 g/mol. The zero-order chi connectivity index (χ0) is 10.0. The molecule has 0 spiro atoms. The van der Waals surface area contributed by atoms with E-state index in [0.717, 1.165) is 32.4 Å². The lowest BCUT2D eigenvalue weighted by atomic mass is 10.1. The molecule has 0 aromatic heterocycles. The molecule has 82 valence electrons. The Morgan fingerprint density at radius 2 is 1.79 bits per heavy atom. The molecule has 4 nitrogen and oxygen atoms in total. The quantitative estimate of drug-likeness (QED) is 0.657. The molecule has 0 aromatic rings. The van der Waals surface area contributed by atoms with E-state index in [1.165, 1.54) is 0 Å². The Morgan fingerprint density at radius 1 is 1.07 bits per heavy atom. The summed E-state index contributed by atoms with van der Waals surface area (Å²) in [6, 6.07) is 0.734. The molecule has 2 aliphatic heterocycles. The molecule has 2 heterocycles. The van der Waals surface area contributed by atoms with Crippen LogP contribution in [-0.4, -0.2) is 45.1 Å².